The van der Waals surface area contributed by atoms with E-state index >= 15 is 0 Å². The number of nitrogens with zero attached hydrogens (tertiary/aromatic N) is 2. The van der Waals surface area contributed by atoms with Gasteiger partial charge in [0, 0.05) is 47.0 Å². The quantitative estimate of drug-likeness (QED) is 0.624. The Morgan fingerprint density at radius 2 is 1.68 bits per heavy atom. The molecule has 1 saturated heterocycles. The number of urea groups is 2. The predicted octanol–water partition coefficient (Wildman–Crippen LogP) is -0.212. The van der Waals surface area contributed by atoms with Crippen LogP contribution in [0.3, 0.4) is 0 Å². The van der Waals surface area contributed by atoms with Crippen molar-refractivity contribution in [2.24, 2.45) is 11.5 Å². The van der Waals surface area contributed by atoms with Crippen molar-refractivity contribution in [1.82, 2.24) is 9.80 Å². The zero-order valence-corrected chi connectivity index (χ0v) is 14.4. The molecule has 22 heavy (non-hydrogen) atoms. The molecule has 0 aromatic rings. The van der Waals surface area contributed by atoms with Crippen LogP contribution in [0.15, 0.2) is 0 Å². The maximum atomic E-state index is 11.5. The molecule has 1 aliphatic heterocycles. The van der Waals surface area contributed by atoms with Gasteiger partial charge < -0.3 is 34.5 Å². The third kappa shape index (κ3) is 4.56. The van der Waals surface area contributed by atoms with Gasteiger partial charge >= 0.3 is 20.9 Å². The topological polar surface area (TPSA) is 120 Å². The molecule has 0 spiro atoms. The second kappa shape index (κ2) is 8.32. The van der Waals surface area contributed by atoms with E-state index in [4.69, 9.17) is 24.7 Å². The zero-order valence-electron chi connectivity index (χ0n) is 13.4. The van der Waals surface area contributed by atoms with Crippen LogP contribution >= 0.6 is 0 Å². The lowest BCUT2D eigenvalue weighted by molar-refractivity contribution is 0.104. The molecular formula is C12H26N4O5Si. The molecule has 1 heterocycles. The molecule has 128 valence electrons. The molecule has 1 atom stereocenters. The normalized spacial score (nSPS) is 19.3. The van der Waals surface area contributed by atoms with Gasteiger partial charge in [0.15, 0.2) is 0 Å². The number of amides is 4. The Labute approximate surface area is 131 Å². The lowest BCUT2D eigenvalue weighted by Crippen LogP contribution is -2.58. The van der Waals surface area contributed by atoms with E-state index in [0.29, 0.717) is 32.1 Å². The molecule has 4 amide bonds. The fourth-order valence-electron chi connectivity index (χ4n) is 2.70. The molecule has 0 bridgehead atoms. The Hall–Kier alpha value is -1.36. The SMILES string of the molecule is CO[Si](CCCC1CN(C(N)=O)CCN1C(N)=O)(OC)OC. The van der Waals surface area contributed by atoms with Gasteiger partial charge in [-0.3, -0.25) is 0 Å². The summed E-state index contributed by atoms with van der Waals surface area (Å²) in [5, 5.41) is 0. The fourth-order valence-corrected chi connectivity index (χ4v) is 4.45. The number of carbonyl (C=O) groups excluding carboxylic acids is 2. The van der Waals surface area contributed by atoms with Gasteiger partial charge in [0.1, 0.15) is 0 Å². The van der Waals surface area contributed by atoms with E-state index in [1.165, 1.54) is 4.90 Å². The van der Waals surface area contributed by atoms with Crippen LogP contribution in [-0.4, -0.2) is 77.7 Å². The van der Waals surface area contributed by atoms with E-state index in [9.17, 15) is 9.59 Å². The summed E-state index contributed by atoms with van der Waals surface area (Å²) < 4.78 is 16.1. The summed E-state index contributed by atoms with van der Waals surface area (Å²) in [5.41, 5.74) is 10.7. The minimum atomic E-state index is -2.63. The first-order valence-electron chi connectivity index (χ1n) is 7.15. The number of nitrogens with two attached hydrogens (primary N) is 2. The van der Waals surface area contributed by atoms with Crippen molar-refractivity contribution in [1.29, 1.82) is 0 Å². The van der Waals surface area contributed by atoms with E-state index in [-0.39, 0.29) is 6.04 Å². The molecule has 0 aromatic heterocycles. The van der Waals surface area contributed by atoms with Gasteiger partial charge in [0.2, 0.25) is 0 Å². The fraction of sp³-hybridized carbons (Fsp3) is 0.833. The highest BCUT2D eigenvalue weighted by atomic mass is 28.4. The molecule has 10 heteroatoms. The Morgan fingerprint density at radius 3 is 2.14 bits per heavy atom. The average molecular weight is 334 g/mol. The van der Waals surface area contributed by atoms with Crippen LogP contribution in [0.25, 0.3) is 0 Å². The summed E-state index contributed by atoms with van der Waals surface area (Å²) >= 11 is 0. The third-order valence-electron chi connectivity index (χ3n) is 4.03. The van der Waals surface area contributed by atoms with Crippen molar-refractivity contribution >= 4 is 20.9 Å². The maximum Gasteiger partial charge on any atom is 0.500 e. The number of carbonyl (C=O) groups is 2. The number of rotatable bonds is 7. The van der Waals surface area contributed by atoms with Gasteiger partial charge in [-0.15, -0.1) is 0 Å². The van der Waals surface area contributed by atoms with Gasteiger partial charge in [-0.25, -0.2) is 9.59 Å². The summed E-state index contributed by atoms with van der Waals surface area (Å²) in [6.07, 6.45) is 1.39. The molecule has 0 radical (unpaired) electrons. The smallest absolute Gasteiger partial charge is 0.377 e. The van der Waals surface area contributed by atoms with Crippen LogP contribution in [-0.2, 0) is 13.3 Å². The molecule has 1 aliphatic rings. The predicted molar refractivity (Wildman–Crippen MR) is 82.1 cm³/mol. The molecule has 0 aliphatic carbocycles. The summed E-state index contributed by atoms with van der Waals surface area (Å²) in [6, 6.07) is -0.502. The first-order chi connectivity index (χ1) is 10.4. The second-order valence-corrected chi connectivity index (χ2v) is 8.25. The van der Waals surface area contributed by atoms with Gasteiger partial charge in [-0.2, -0.15) is 0 Å². The molecular weight excluding hydrogens is 308 g/mol. The highest BCUT2D eigenvalue weighted by Crippen LogP contribution is 2.21. The Morgan fingerprint density at radius 1 is 1.09 bits per heavy atom. The Balaban J connectivity index is 2.62. The van der Waals surface area contributed by atoms with Crippen LogP contribution < -0.4 is 11.5 Å². The van der Waals surface area contributed by atoms with Crippen molar-refractivity contribution in [3.05, 3.63) is 0 Å². The lowest BCUT2D eigenvalue weighted by Gasteiger charge is -2.40. The number of primary amides is 2. The van der Waals surface area contributed by atoms with Gasteiger partial charge in [0.05, 0.1) is 6.04 Å². The monoisotopic (exact) mass is 334 g/mol. The highest BCUT2D eigenvalue weighted by molar-refractivity contribution is 6.60. The molecule has 1 rings (SSSR count). The Kier molecular flexibility index (Phi) is 7.06. The van der Waals surface area contributed by atoms with E-state index < -0.39 is 20.9 Å². The van der Waals surface area contributed by atoms with Crippen LogP contribution in [0.4, 0.5) is 9.59 Å². The van der Waals surface area contributed by atoms with E-state index in [2.05, 4.69) is 0 Å². The first-order valence-corrected chi connectivity index (χ1v) is 9.08. The molecule has 1 unspecified atom stereocenters. The van der Waals surface area contributed by atoms with Crippen molar-refractivity contribution in [3.8, 4) is 0 Å². The number of hydrogen-bond acceptors (Lipinski definition) is 5. The summed E-state index contributed by atoms with van der Waals surface area (Å²) in [6.45, 7) is 1.19. The number of piperazine rings is 1. The molecule has 9 nitrogen and oxygen atoms in total. The van der Waals surface area contributed by atoms with Crippen molar-refractivity contribution in [2.75, 3.05) is 41.0 Å². The highest BCUT2D eigenvalue weighted by Gasteiger charge is 2.38. The van der Waals surface area contributed by atoms with Crippen molar-refractivity contribution in [3.63, 3.8) is 0 Å². The number of hydrogen-bond donors (Lipinski definition) is 2. The van der Waals surface area contributed by atoms with Crippen LogP contribution in [0.1, 0.15) is 12.8 Å². The summed E-state index contributed by atoms with van der Waals surface area (Å²) in [7, 11) is 2.05. The lowest BCUT2D eigenvalue weighted by atomic mass is 10.1. The maximum absolute atomic E-state index is 11.5. The van der Waals surface area contributed by atoms with Crippen LogP contribution in [0, 0.1) is 0 Å². The van der Waals surface area contributed by atoms with Gasteiger partial charge in [-0.1, -0.05) is 0 Å². The average Bonchev–Trinajstić information content (AvgIpc) is 2.51. The van der Waals surface area contributed by atoms with E-state index in [0.717, 1.165) is 6.42 Å². The minimum absolute atomic E-state index is 0.156. The largest absolute Gasteiger partial charge is 0.500 e. The van der Waals surface area contributed by atoms with Crippen molar-refractivity contribution in [2.45, 2.75) is 24.9 Å². The summed E-state index contributed by atoms with van der Waals surface area (Å²) in [4.78, 5) is 25.9. The van der Waals surface area contributed by atoms with E-state index in [1.807, 2.05) is 0 Å². The van der Waals surface area contributed by atoms with Crippen LogP contribution in [0.2, 0.25) is 6.04 Å². The van der Waals surface area contributed by atoms with Gasteiger partial charge in [0.25, 0.3) is 0 Å². The second-order valence-electron chi connectivity index (χ2n) is 5.16. The Bertz CT molecular complexity index is 385. The van der Waals surface area contributed by atoms with Crippen LogP contribution in [0.5, 0.6) is 0 Å². The molecule has 4 N–H and O–H groups in total. The van der Waals surface area contributed by atoms with Crippen molar-refractivity contribution < 1.29 is 22.9 Å². The standard InChI is InChI=1S/C12H26N4O5Si/c1-19-22(20-2,21-3)8-4-5-10-9-15(11(13)17)6-7-16(10)12(14)18/h10H,4-9H2,1-3H3,(H2,13,17)(H2,14,18). The third-order valence-corrected chi connectivity index (χ3v) is 6.86. The molecule has 1 fully saturated rings. The van der Waals surface area contributed by atoms with Gasteiger partial charge in [-0.05, 0) is 12.8 Å². The van der Waals surface area contributed by atoms with E-state index in [1.54, 1.807) is 26.2 Å². The molecule has 0 saturated carbocycles. The minimum Gasteiger partial charge on any atom is -0.377 e. The molecule has 0 aromatic carbocycles. The first kappa shape index (κ1) is 18.7. The zero-order chi connectivity index (χ0) is 16.8. The summed E-state index contributed by atoms with van der Waals surface area (Å²) in [5.74, 6) is 0.